The van der Waals surface area contributed by atoms with Crippen LogP contribution >= 0.6 is 11.8 Å². The lowest BCUT2D eigenvalue weighted by atomic mass is 9.99. The Morgan fingerprint density at radius 3 is 1.88 bits per heavy atom. The van der Waals surface area contributed by atoms with Gasteiger partial charge in [0.1, 0.15) is 18.8 Å². The quantitative estimate of drug-likeness (QED) is 0.202. The predicted octanol–water partition coefficient (Wildman–Crippen LogP) is -0.330. The van der Waals surface area contributed by atoms with Gasteiger partial charge in [-0.05, 0) is 0 Å². The van der Waals surface area contributed by atoms with Crippen LogP contribution < -0.4 is 5.73 Å². The van der Waals surface area contributed by atoms with Crippen LogP contribution in [0.3, 0.4) is 0 Å². The number of hydrogen-bond donors (Lipinski definition) is 1. The molecule has 0 amide bonds. The fourth-order valence-corrected chi connectivity index (χ4v) is 3.81. The van der Waals surface area contributed by atoms with Crippen LogP contribution in [0.1, 0.15) is 27.7 Å². The number of methoxy groups -OCH3 is 1. The Kier molecular flexibility index (Phi) is 10.6. The maximum absolute atomic E-state index is 11.8. The smallest absolute Gasteiger partial charge is 0.351 e. The van der Waals surface area contributed by atoms with Gasteiger partial charge in [0.15, 0.2) is 29.3 Å². The summed E-state index contributed by atoms with van der Waals surface area (Å²) in [6.07, 6.45) is -5.33. The molecule has 0 radical (unpaired) electrons. The van der Waals surface area contributed by atoms with Crippen molar-refractivity contribution in [1.82, 2.24) is 0 Å². The van der Waals surface area contributed by atoms with Crippen LogP contribution in [0.4, 0.5) is 0 Å². The Labute approximate surface area is 193 Å². The molecule has 5 unspecified atom stereocenters. The molecule has 0 aromatic rings. The number of esters is 5. The standard InChI is InChI=1S/C19H24N2O11S/c1-8(22)28-7-13-14(29-9(2)23)15(30-10(3)24)16(31-11(4)25)19(32-13)33-17(21)12(6-20)18(26)27-5/h13-16,19H,7,21H2,1-5H3. The highest BCUT2D eigenvalue weighted by molar-refractivity contribution is 8.03. The highest BCUT2D eigenvalue weighted by Gasteiger charge is 2.52. The zero-order chi connectivity index (χ0) is 25.3. The molecule has 0 saturated carbocycles. The summed E-state index contributed by atoms with van der Waals surface area (Å²) in [7, 11) is 1.05. The van der Waals surface area contributed by atoms with Gasteiger partial charge in [0, 0.05) is 27.7 Å². The third-order valence-electron chi connectivity index (χ3n) is 3.94. The molecule has 5 atom stereocenters. The van der Waals surface area contributed by atoms with Gasteiger partial charge in [-0.2, -0.15) is 5.26 Å². The summed E-state index contributed by atoms with van der Waals surface area (Å²) in [5.41, 5.74) is 4.05. The second kappa shape index (κ2) is 12.7. The second-order valence-electron chi connectivity index (χ2n) is 6.53. The van der Waals surface area contributed by atoms with Crippen molar-refractivity contribution in [3.05, 3.63) is 10.6 Å². The Bertz CT molecular complexity index is 866. The molecule has 14 heteroatoms. The Hall–Kier alpha value is -3.31. The van der Waals surface area contributed by atoms with Crippen LogP contribution in [0.2, 0.25) is 0 Å². The number of thioether (sulfide) groups is 1. The Balaban J connectivity index is 3.51. The average Bonchev–Trinajstić information content (AvgIpc) is 2.70. The predicted molar refractivity (Wildman–Crippen MR) is 108 cm³/mol. The maximum atomic E-state index is 11.8. The fourth-order valence-electron chi connectivity index (χ4n) is 2.77. The molecule has 0 spiro atoms. The first-order valence-corrected chi connectivity index (χ1v) is 10.2. The second-order valence-corrected chi connectivity index (χ2v) is 7.67. The van der Waals surface area contributed by atoms with Crippen molar-refractivity contribution in [2.45, 2.75) is 57.5 Å². The van der Waals surface area contributed by atoms with Crippen molar-refractivity contribution in [2.24, 2.45) is 5.73 Å². The van der Waals surface area contributed by atoms with Crippen molar-refractivity contribution >= 4 is 41.6 Å². The molecule has 1 fully saturated rings. The molecule has 0 aromatic carbocycles. The van der Waals surface area contributed by atoms with Gasteiger partial charge in [-0.3, -0.25) is 19.2 Å². The SMILES string of the molecule is COC(=O)C(C#N)=C(N)SC1OC(COC(C)=O)C(OC(C)=O)C(OC(C)=O)C1OC(C)=O. The molecule has 0 aliphatic carbocycles. The van der Waals surface area contributed by atoms with Crippen molar-refractivity contribution in [3.63, 3.8) is 0 Å². The zero-order valence-corrected chi connectivity index (χ0v) is 19.3. The highest BCUT2D eigenvalue weighted by atomic mass is 32.2. The Morgan fingerprint density at radius 1 is 0.909 bits per heavy atom. The van der Waals surface area contributed by atoms with E-state index in [1.54, 1.807) is 6.07 Å². The van der Waals surface area contributed by atoms with Gasteiger partial charge in [-0.15, -0.1) is 0 Å². The third-order valence-corrected chi connectivity index (χ3v) is 5.01. The first-order valence-electron chi connectivity index (χ1n) is 9.36. The largest absolute Gasteiger partial charge is 0.465 e. The van der Waals surface area contributed by atoms with E-state index in [-0.39, 0.29) is 5.03 Å². The molecule has 1 aliphatic rings. The molecule has 13 nitrogen and oxygen atoms in total. The van der Waals surface area contributed by atoms with E-state index in [9.17, 15) is 29.2 Å². The zero-order valence-electron chi connectivity index (χ0n) is 18.5. The van der Waals surface area contributed by atoms with Crippen molar-refractivity contribution in [2.75, 3.05) is 13.7 Å². The van der Waals surface area contributed by atoms with E-state index in [0.717, 1.165) is 34.8 Å². The maximum Gasteiger partial charge on any atom is 0.351 e. The van der Waals surface area contributed by atoms with Crippen LogP contribution in [0.25, 0.3) is 0 Å². The summed E-state index contributed by atoms with van der Waals surface area (Å²) in [6.45, 7) is 3.95. The molecule has 1 heterocycles. The molecule has 1 rings (SSSR count). The van der Waals surface area contributed by atoms with Crippen LogP contribution in [0, 0.1) is 11.3 Å². The topological polar surface area (TPSA) is 191 Å². The molecule has 0 bridgehead atoms. The fraction of sp³-hybridized carbons (Fsp3) is 0.579. The Morgan fingerprint density at radius 2 is 1.42 bits per heavy atom. The van der Waals surface area contributed by atoms with Crippen LogP contribution in [0.15, 0.2) is 10.6 Å². The highest BCUT2D eigenvalue weighted by Crippen LogP contribution is 2.36. The van der Waals surface area contributed by atoms with E-state index in [1.165, 1.54) is 0 Å². The van der Waals surface area contributed by atoms with E-state index in [2.05, 4.69) is 4.74 Å². The van der Waals surface area contributed by atoms with Crippen LogP contribution in [0.5, 0.6) is 0 Å². The lowest BCUT2D eigenvalue weighted by Gasteiger charge is -2.44. The van der Waals surface area contributed by atoms with Crippen LogP contribution in [-0.2, 0) is 52.4 Å². The number of nitriles is 1. The molecule has 33 heavy (non-hydrogen) atoms. The van der Waals surface area contributed by atoms with Gasteiger partial charge in [-0.25, -0.2) is 4.79 Å². The van der Waals surface area contributed by atoms with Crippen LogP contribution in [-0.4, -0.2) is 73.4 Å². The number of ether oxygens (including phenoxy) is 6. The molecule has 1 saturated heterocycles. The number of nitrogens with two attached hydrogens (primary N) is 1. The van der Waals surface area contributed by atoms with E-state index >= 15 is 0 Å². The monoisotopic (exact) mass is 488 g/mol. The number of hydrogen-bond acceptors (Lipinski definition) is 14. The van der Waals surface area contributed by atoms with Gasteiger partial charge < -0.3 is 34.2 Å². The average molecular weight is 488 g/mol. The first-order chi connectivity index (χ1) is 15.4. The minimum absolute atomic E-state index is 0.342. The van der Waals surface area contributed by atoms with Gasteiger partial charge >= 0.3 is 29.8 Å². The minimum Gasteiger partial charge on any atom is -0.465 e. The van der Waals surface area contributed by atoms with Crippen molar-refractivity contribution in [3.8, 4) is 6.07 Å². The van der Waals surface area contributed by atoms with Gasteiger partial charge in [-0.1, -0.05) is 11.8 Å². The minimum atomic E-state index is -1.40. The lowest BCUT2D eigenvalue weighted by Crippen LogP contribution is -2.61. The van der Waals surface area contributed by atoms with Crippen molar-refractivity contribution < 1.29 is 52.4 Å². The summed E-state index contributed by atoms with van der Waals surface area (Å²) in [5, 5.41) is 8.89. The number of carbonyl (C=O) groups is 5. The number of carbonyl (C=O) groups excluding carboxylic acids is 5. The number of rotatable bonds is 8. The lowest BCUT2D eigenvalue weighted by molar-refractivity contribution is -0.237. The summed E-state index contributed by atoms with van der Waals surface area (Å²) in [4.78, 5) is 58.4. The molecule has 0 aromatic heterocycles. The third kappa shape index (κ3) is 8.28. The van der Waals surface area contributed by atoms with E-state index in [0.29, 0.717) is 11.8 Å². The van der Waals surface area contributed by atoms with Gasteiger partial charge in [0.25, 0.3) is 0 Å². The van der Waals surface area contributed by atoms with E-state index < -0.39 is 71.9 Å². The summed E-state index contributed by atoms with van der Waals surface area (Å²) in [6, 6.07) is 1.60. The number of nitrogens with zero attached hydrogens (tertiary/aromatic N) is 1. The molecular formula is C19H24N2O11S. The van der Waals surface area contributed by atoms with Gasteiger partial charge in [0.2, 0.25) is 0 Å². The summed E-state index contributed by atoms with van der Waals surface area (Å²) in [5.74, 6) is -4.08. The molecule has 182 valence electrons. The molecule has 2 N–H and O–H groups in total. The summed E-state index contributed by atoms with van der Waals surface area (Å²) < 4.78 is 31.1. The first kappa shape index (κ1) is 27.7. The summed E-state index contributed by atoms with van der Waals surface area (Å²) >= 11 is 0.599. The van der Waals surface area contributed by atoms with Gasteiger partial charge in [0.05, 0.1) is 12.1 Å². The van der Waals surface area contributed by atoms with E-state index in [4.69, 9.17) is 29.4 Å². The normalized spacial score (nSPS) is 24.9. The van der Waals surface area contributed by atoms with E-state index in [1.807, 2.05) is 0 Å². The molecule has 1 aliphatic heterocycles. The molecular weight excluding hydrogens is 464 g/mol. The van der Waals surface area contributed by atoms with Crippen molar-refractivity contribution in [1.29, 1.82) is 5.26 Å².